The predicted molar refractivity (Wildman–Crippen MR) is 122 cm³/mol. The van der Waals surface area contributed by atoms with Crippen LogP contribution in [0, 0.1) is 5.92 Å². The molecule has 1 aromatic heterocycles. The molecule has 1 N–H and O–H groups in total. The summed E-state index contributed by atoms with van der Waals surface area (Å²) in [7, 11) is 0. The van der Waals surface area contributed by atoms with Gasteiger partial charge in [0.25, 0.3) is 5.91 Å². The standard InChI is InChI=1S/C24H21BrN2O3/c1-15(2)14-29-18-7-5-6-16(12-18)23(28)26-17-10-11-22-21(13-17)27-24(30-22)19-8-3-4-9-20(19)25/h3-13,15H,14H2,1-2H3,(H,26,28). The molecule has 0 atom stereocenters. The van der Waals surface area contributed by atoms with Crippen molar-refractivity contribution in [2.45, 2.75) is 13.8 Å². The number of hydrogen-bond acceptors (Lipinski definition) is 4. The highest BCUT2D eigenvalue weighted by Crippen LogP contribution is 2.31. The second-order valence-electron chi connectivity index (χ2n) is 7.37. The number of fused-ring (bicyclic) bond motifs is 1. The Balaban J connectivity index is 1.53. The van der Waals surface area contributed by atoms with E-state index in [-0.39, 0.29) is 5.91 Å². The molecule has 1 heterocycles. The molecule has 0 radical (unpaired) electrons. The quantitative estimate of drug-likeness (QED) is 0.351. The van der Waals surface area contributed by atoms with Gasteiger partial charge in [0.15, 0.2) is 5.58 Å². The Morgan fingerprint density at radius 2 is 1.93 bits per heavy atom. The van der Waals surface area contributed by atoms with Gasteiger partial charge in [0, 0.05) is 15.7 Å². The number of aromatic nitrogens is 1. The van der Waals surface area contributed by atoms with E-state index in [1.54, 1.807) is 30.3 Å². The summed E-state index contributed by atoms with van der Waals surface area (Å²) in [5.41, 5.74) is 3.38. The van der Waals surface area contributed by atoms with Crippen molar-refractivity contribution in [3.8, 4) is 17.2 Å². The zero-order valence-corrected chi connectivity index (χ0v) is 18.3. The molecular weight excluding hydrogens is 444 g/mol. The number of anilines is 1. The molecule has 152 valence electrons. The fourth-order valence-electron chi connectivity index (χ4n) is 2.95. The van der Waals surface area contributed by atoms with E-state index < -0.39 is 0 Å². The normalized spacial score (nSPS) is 11.1. The number of oxazole rings is 1. The highest BCUT2D eigenvalue weighted by Gasteiger charge is 2.13. The van der Waals surface area contributed by atoms with Gasteiger partial charge in [-0.15, -0.1) is 0 Å². The summed E-state index contributed by atoms with van der Waals surface area (Å²) < 4.78 is 12.5. The van der Waals surface area contributed by atoms with Gasteiger partial charge in [0.05, 0.1) is 12.2 Å². The zero-order chi connectivity index (χ0) is 21.1. The Morgan fingerprint density at radius 1 is 1.10 bits per heavy atom. The maximum Gasteiger partial charge on any atom is 0.255 e. The Labute approximate surface area is 183 Å². The lowest BCUT2D eigenvalue weighted by molar-refractivity contribution is 0.102. The van der Waals surface area contributed by atoms with E-state index in [1.807, 2.05) is 36.4 Å². The van der Waals surface area contributed by atoms with Crippen molar-refractivity contribution in [1.82, 2.24) is 4.98 Å². The third-order valence-corrected chi connectivity index (χ3v) is 5.12. The van der Waals surface area contributed by atoms with Crippen LogP contribution in [-0.4, -0.2) is 17.5 Å². The summed E-state index contributed by atoms with van der Waals surface area (Å²) in [5, 5.41) is 2.92. The summed E-state index contributed by atoms with van der Waals surface area (Å²) in [5.74, 6) is 1.41. The molecule has 0 aliphatic carbocycles. The average Bonchev–Trinajstić information content (AvgIpc) is 3.16. The Hall–Kier alpha value is -3.12. The number of halogens is 1. The number of hydrogen-bond donors (Lipinski definition) is 1. The number of carbonyl (C=O) groups is 1. The molecule has 0 saturated carbocycles. The van der Waals surface area contributed by atoms with Gasteiger partial charge in [-0.2, -0.15) is 0 Å². The summed E-state index contributed by atoms with van der Waals surface area (Å²) >= 11 is 3.52. The topological polar surface area (TPSA) is 64.4 Å². The van der Waals surface area contributed by atoms with Crippen molar-refractivity contribution in [3.63, 3.8) is 0 Å². The van der Waals surface area contributed by atoms with Crippen molar-refractivity contribution in [1.29, 1.82) is 0 Å². The minimum Gasteiger partial charge on any atom is -0.493 e. The van der Waals surface area contributed by atoms with Crippen LogP contribution in [0.2, 0.25) is 0 Å². The molecule has 0 fully saturated rings. The number of carbonyl (C=O) groups excluding carboxylic acids is 1. The second-order valence-corrected chi connectivity index (χ2v) is 8.22. The van der Waals surface area contributed by atoms with Crippen LogP contribution in [0.4, 0.5) is 5.69 Å². The van der Waals surface area contributed by atoms with Crippen molar-refractivity contribution in [3.05, 3.63) is 76.8 Å². The van der Waals surface area contributed by atoms with Gasteiger partial charge < -0.3 is 14.5 Å². The molecule has 3 aromatic carbocycles. The Kier molecular flexibility index (Phi) is 5.86. The Bertz CT molecular complexity index is 1200. The summed E-state index contributed by atoms with van der Waals surface area (Å²) in [6, 6.07) is 20.3. The van der Waals surface area contributed by atoms with Crippen LogP contribution in [0.5, 0.6) is 5.75 Å². The van der Waals surface area contributed by atoms with E-state index in [1.165, 1.54) is 0 Å². The molecule has 0 bridgehead atoms. The van der Waals surface area contributed by atoms with Crippen molar-refractivity contribution < 1.29 is 13.9 Å². The molecule has 0 aliphatic rings. The van der Waals surface area contributed by atoms with E-state index in [4.69, 9.17) is 9.15 Å². The predicted octanol–water partition coefficient (Wildman–Crippen LogP) is 6.54. The molecule has 0 saturated heterocycles. The molecule has 6 heteroatoms. The first-order valence-corrected chi connectivity index (χ1v) is 10.5. The number of benzene rings is 3. The van der Waals surface area contributed by atoms with Crippen LogP contribution in [-0.2, 0) is 0 Å². The number of ether oxygens (including phenoxy) is 1. The van der Waals surface area contributed by atoms with Gasteiger partial charge in [-0.1, -0.05) is 32.0 Å². The highest BCUT2D eigenvalue weighted by atomic mass is 79.9. The van der Waals surface area contributed by atoms with Crippen LogP contribution in [0.3, 0.4) is 0 Å². The van der Waals surface area contributed by atoms with Crippen LogP contribution in [0.1, 0.15) is 24.2 Å². The first kappa shape index (κ1) is 20.2. The molecule has 4 aromatic rings. The molecule has 4 rings (SSSR count). The molecule has 1 amide bonds. The van der Waals surface area contributed by atoms with Gasteiger partial charge in [0.2, 0.25) is 5.89 Å². The fraction of sp³-hybridized carbons (Fsp3) is 0.167. The SMILES string of the molecule is CC(C)COc1cccc(C(=O)Nc2ccc3oc(-c4ccccc4Br)nc3c2)c1. The molecular formula is C24H21BrN2O3. The summed E-state index contributed by atoms with van der Waals surface area (Å²) in [6.45, 7) is 4.77. The van der Waals surface area contributed by atoms with Crippen LogP contribution >= 0.6 is 15.9 Å². The average molecular weight is 465 g/mol. The largest absolute Gasteiger partial charge is 0.493 e. The van der Waals surface area contributed by atoms with Gasteiger partial charge in [-0.25, -0.2) is 4.98 Å². The van der Waals surface area contributed by atoms with E-state index in [0.29, 0.717) is 46.5 Å². The first-order valence-electron chi connectivity index (χ1n) is 9.69. The van der Waals surface area contributed by atoms with E-state index in [2.05, 4.69) is 40.1 Å². The van der Waals surface area contributed by atoms with E-state index in [9.17, 15) is 4.79 Å². The minimum absolute atomic E-state index is 0.209. The third kappa shape index (κ3) is 4.54. The van der Waals surface area contributed by atoms with Gasteiger partial charge in [-0.3, -0.25) is 4.79 Å². The van der Waals surface area contributed by atoms with Gasteiger partial charge in [-0.05, 0) is 70.4 Å². The number of rotatable bonds is 6. The van der Waals surface area contributed by atoms with Crippen LogP contribution < -0.4 is 10.1 Å². The summed E-state index contributed by atoms with van der Waals surface area (Å²) in [6.07, 6.45) is 0. The van der Waals surface area contributed by atoms with Crippen molar-refractivity contribution >= 4 is 38.6 Å². The fourth-order valence-corrected chi connectivity index (χ4v) is 3.40. The lowest BCUT2D eigenvalue weighted by Gasteiger charge is -2.10. The molecule has 30 heavy (non-hydrogen) atoms. The molecule has 0 aliphatic heterocycles. The number of amides is 1. The number of nitrogens with zero attached hydrogens (tertiary/aromatic N) is 1. The summed E-state index contributed by atoms with van der Waals surface area (Å²) in [4.78, 5) is 17.3. The molecule has 0 spiro atoms. The first-order chi connectivity index (χ1) is 14.5. The highest BCUT2D eigenvalue weighted by molar-refractivity contribution is 9.10. The molecule has 0 unspecified atom stereocenters. The lowest BCUT2D eigenvalue weighted by atomic mass is 10.2. The monoisotopic (exact) mass is 464 g/mol. The van der Waals surface area contributed by atoms with E-state index in [0.717, 1.165) is 10.0 Å². The minimum atomic E-state index is -0.209. The molecule has 5 nitrogen and oxygen atoms in total. The smallest absolute Gasteiger partial charge is 0.255 e. The zero-order valence-electron chi connectivity index (χ0n) is 16.7. The van der Waals surface area contributed by atoms with Gasteiger partial charge in [0.1, 0.15) is 11.3 Å². The Morgan fingerprint density at radius 3 is 2.73 bits per heavy atom. The maximum absolute atomic E-state index is 12.7. The second kappa shape index (κ2) is 8.71. The van der Waals surface area contributed by atoms with Crippen LogP contribution in [0.15, 0.2) is 75.6 Å². The maximum atomic E-state index is 12.7. The van der Waals surface area contributed by atoms with Crippen molar-refractivity contribution in [2.24, 2.45) is 5.92 Å². The van der Waals surface area contributed by atoms with Gasteiger partial charge >= 0.3 is 0 Å². The van der Waals surface area contributed by atoms with E-state index >= 15 is 0 Å². The number of nitrogens with one attached hydrogen (secondary N) is 1. The van der Waals surface area contributed by atoms with Crippen molar-refractivity contribution in [2.75, 3.05) is 11.9 Å². The van der Waals surface area contributed by atoms with Crippen LogP contribution in [0.25, 0.3) is 22.6 Å². The lowest BCUT2D eigenvalue weighted by Crippen LogP contribution is -2.12. The third-order valence-electron chi connectivity index (χ3n) is 4.43.